The van der Waals surface area contributed by atoms with Crippen molar-refractivity contribution >= 4 is 26.7 Å². The first-order valence-corrected chi connectivity index (χ1v) is 11.1. The van der Waals surface area contributed by atoms with E-state index in [1.807, 2.05) is 38.9 Å². The normalized spacial score (nSPS) is 19.1. The molecule has 0 radical (unpaired) electrons. The Morgan fingerprint density at radius 1 is 1.22 bits per heavy atom. The highest BCUT2D eigenvalue weighted by molar-refractivity contribution is 7.91. The van der Waals surface area contributed by atoms with Crippen molar-refractivity contribution in [1.82, 2.24) is 9.80 Å². The highest BCUT2D eigenvalue weighted by Crippen LogP contribution is 2.27. The van der Waals surface area contributed by atoms with Crippen LogP contribution in [0.1, 0.15) is 23.1 Å². The van der Waals surface area contributed by atoms with E-state index in [-0.39, 0.29) is 29.9 Å². The number of fused-ring (bicyclic) bond motifs is 1. The molecule has 1 aromatic heterocycles. The Balaban J connectivity index is 1.84. The molecule has 27 heavy (non-hydrogen) atoms. The van der Waals surface area contributed by atoms with E-state index in [9.17, 15) is 13.2 Å². The zero-order chi connectivity index (χ0) is 19.8. The Hall–Kier alpha value is -1.86. The Labute approximate surface area is 161 Å². The molecular formula is C20H28N2O4S. The fraction of sp³-hybridized carbons (Fsp3) is 0.550. The summed E-state index contributed by atoms with van der Waals surface area (Å²) in [7, 11) is 0.849. The molecule has 0 saturated carbocycles. The number of aryl methyl sites for hydroxylation is 2. The minimum Gasteiger partial charge on any atom is -0.464 e. The number of benzene rings is 1. The number of furan rings is 1. The molecule has 1 aliphatic heterocycles. The minimum atomic E-state index is -3.05. The average molecular weight is 393 g/mol. The van der Waals surface area contributed by atoms with Crippen molar-refractivity contribution in [3.05, 3.63) is 35.1 Å². The Bertz CT molecular complexity index is 946. The van der Waals surface area contributed by atoms with Gasteiger partial charge < -0.3 is 14.2 Å². The van der Waals surface area contributed by atoms with Gasteiger partial charge in [-0.05, 0) is 51.6 Å². The van der Waals surface area contributed by atoms with Crippen molar-refractivity contribution in [2.75, 3.05) is 38.7 Å². The number of sulfone groups is 1. The van der Waals surface area contributed by atoms with Crippen LogP contribution in [0.5, 0.6) is 0 Å². The summed E-state index contributed by atoms with van der Waals surface area (Å²) in [5.41, 5.74) is 3.86. The van der Waals surface area contributed by atoms with Gasteiger partial charge in [0.1, 0.15) is 5.58 Å². The first-order chi connectivity index (χ1) is 12.7. The molecule has 148 valence electrons. The van der Waals surface area contributed by atoms with E-state index in [1.54, 1.807) is 11.2 Å². The Morgan fingerprint density at radius 2 is 1.96 bits per heavy atom. The molecule has 2 aromatic rings. The van der Waals surface area contributed by atoms with Crippen LogP contribution in [-0.2, 0) is 21.1 Å². The van der Waals surface area contributed by atoms with Crippen LogP contribution in [0.2, 0.25) is 0 Å². The van der Waals surface area contributed by atoms with E-state index in [4.69, 9.17) is 4.42 Å². The lowest BCUT2D eigenvalue weighted by atomic mass is 10.0. The van der Waals surface area contributed by atoms with Gasteiger partial charge in [-0.1, -0.05) is 6.07 Å². The van der Waals surface area contributed by atoms with Crippen molar-refractivity contribution in [2.24, 2.45) is 0 Å². The van der Waals surface area contributed by atoms with Gasteiger partial charge in [0.15, 0.2) is 9.84 Å². The van der Waals surface area contributed by atoms with Crippen LogP contribution in [0.4, 0.5) is 0 Å². The predicted octanol–water partition coefficient (Wildman–Crippen LogP) is 2.17. The Kier molecular flexibility index (Phi) is 5.63. The van der Waals surface area contributed by atoms with Crippen molar-refractivity contribution in [3.8, 4) is 0 Å². The van der Waals surface area contributed by atoms with E-state index >= 15 is 0 Å². The van der Waals surface area contributed by atoms with E-state index < -0.39 is 9.84 Å². The van der Waals surface area contributed by atoms with Gasteiger partial charge in [-0.2, -0.15) is 0 Å². The molecule has 1 saturated heterocycles. The SMILES string of the molecule is Cc1cc(C)c2c(CC(=O)N(CCN(C)C)[C@H]3CCS(=O)(=O)C3)coc2c1. The number of hydrogen-bond acceptors (Lipinski definition) is 5. The summed E-state index contributed by atoms with van der Waals surface area (Å²) in [5.74, 6) is 0.189. The predicted molar refractivity (Wildman–Crippen MR) is 107 cm³/mol. The molecule has 0 bridgehead atoms. The second-order valence-corrected chi connectivity index (χ2v) is 10.1. The van der Waals surface area contributed by atoms with Gasteiger partial charge in [-0.25, -0.2) is 8.42 Å². The molecule has 1 aliphatic rings. The average Bonchev–Trinajstić information content (AvgIpc) is 3.10. The van der Waals surface area contributed by atoms with Crippen LogP contribution >= 0.6 is 0 Å². The molecule has 1 amide bonds. The third kappa shape index (κ3) is 4.52. The summed E-state index contributed by atoms with van der Waals surface area (Å²) >= 11 is 0. The molecule has 6 nitrogen and oxygen atoms in total. The highest BCUT2D eigenvalue weighted by Gasteiger charge is 2.34. The number of carbonyl (C=O) groups is 1. The summed E-state index contributed by atoms with van der Waals surface area (Å²) in [6.07, 6.45) is 2.40. The van der Waals surface area contributed by atoms with E-state index in [2.05, 4.69) is 6.07 Å². The van der Waals surface area contributed by atoms with Crippen molar-refractivity contribution in [2.45, 2.75) is 32.7 Å². The highest BCUT2D eigenvalue weighted by atomic mass is 32.2. The number of amides is 1. The van der Waals surface area contributed by atoms with Gasteiger partial charge in [0.2, 0.25) is 5.91 Å². The monoisotopic (exact) mass is 392 g/mol. The molecule has 7 heteroatoms. The van der Waals surface area contributed by atoms with Gasteiger partial charge in [0, 0.05) is 30.1 Å². The van der Waals surface area contributed by atoms with Crippen molar-refractivity contribution in [1.29, 1.82) is 0 Å². The van der Waals surface area contributed by atoms with Crippen LogP contribution in [0.25, 0.3) is 11.0 Å². The van der Waals surface area contributed by atoms with Crippen LogP contribution in [0, 0.1) is 13.8 Å². The molecule has 0 spiro atoms. The molecule has 0 aliphatic carbocycles. The zero-order valence-electron chi connectivity index (χ0n) is 16.5. The van der Waals surface area contributed by atoms with Gasteiger partial charge >= 0.3 is 0 Å². The van der Waals surface area contributed by atoms with Crippen molar-refractivity contribution < 1.29 is 17.6 Å². The molecule has 0 N–H and O–H groups in total. The van der Waals surface area contributed by atoms with Gasteiger partial charge in [-0.3, -0.25) is 4.79 Å². The fourth-order valence-electron chi connectivity index (χ4n) is 3.86. The smallest absolute Gasteiger partial charge is 0.227 e. The van der Waals surface area contributed by atoms with Crippen LogP contribution in [0.15, 0.2) is 22.8 Å². The maximum Gasteiger partial charge on any atom is 0.227 e. The maximum absolute atomic E-state index is 13.1. The number of nitrogens with zero attached hydrogens (tertiary/aromatic N) is 2. The van der Waals surface area contributed by atoms with Crippen molar-refractivity contribution in [3.63, 3.8) is 0 Å². The molecule has 1 atom stereocenters. The number of likely N-dealkylation sites (N-methyl/N-ethyl adjacent to an activating group) is 1. The second kappa shape index (κ2) is 7.64. The molecule has 2 heterocycles. The fourth-order valence-corrected chi connectivity index (χ4v) is 5.59. The van der Waals surface area contributed by atoms with Gasteiger partial charge in [0.25, 0.3) is 0 Å². The first-order valence-electron chi connectivity index (χ1n) is 9.28. The third-order valence-corrected chi connectivity index (χ3v) is 6.94. The number of hydrogen-bond donors (Lipinski definition) is 0. The summed E-state index contributed by atoms with van der Waals surface area (Å²) in [6.45, 7) is 5.27. The quantitative estimate of drug-likeness (QED) is 0.753. The lowest BCUT2D eigenvalue weighted by Gasteiger charge is -2.29. The second-order valence-electron chi connectivity index (χ2n) is 7.84. The minimum absolute atomic E-state index is 0.0402. The standard InChI is InChI=1S/C20H28N2O4S/c1-14-9-15(2)20-16(12-26-18(20)10-14)11-19(23)22(7-6-21(3)4)17-5-8-27(24,25)13-17/h9-10,12,17H,5-8,11,13H2,1-4H3/t17-/m0/s1. The maximum atomic E-state index is 13.1. The summed E-state index contributed by atoms with van der Waals surface area (Å²) < 4.78 is 29.5. The molecule has 0 unspecified atom stereocenters. The summed E-state index contributed by atoms with van der Waals surface area (Å²) in [5, 5.41) is 0.987. The van der Waals surface area contributed by atoms with E-state index in [0.717, 1.165) is 27.7 Å². The number of rotatable bonds is 6. The molecule has 1 aromatic carbocycles. The summed E-state index contributed by atoms with van der Waals surface area (Å²) in [6, 6.07) is 3.83. The van der Waals surface area contributed by atoms with Crippen LogP contribution in [0.3, 0.4) is 0 Å². The lowest BCUT2D eigenvalue weighted by Crippen LogP contribution is -2.45. The van der Waals surface area contributed by atoms with E-state index in [1.165, 1.54) is 0 Å². The van der Waals surface area contributed by atoms with Crippen LogP contribution < -0.4 is 0 Å². The molecular weight excluding hydrogens is 364 g/mol. The lowest BCUT2D eigenvalue weighted by molar-refractivity contribution is -0.132. The molecule has 3 rings (SSSR count). The van der Waals surface area contributed by atoms with E-state index in [0.29, 0.717) is 19.5 Å². The topological polar surface area (TPSA) is 70.8 Å². The first kappa shape index (κ1) is 19.9. The van der Waals surface area contributed by atoms with Gasteiger partial charge in [-0.15, -0.1) is 0 Å². The number of carbonyl (C=O) groups excluding carboxylic acids is 1. The summed E-state index contributed by atoms with van der Waals surface area (Å²) in [4.78, 5) is 16.9. The third-order valence-electron chi connectivity index (χ3n) is 5.19. The van der Waals surface area contributed by atoms with Crippen LogP contribution in [-0.4, -0.2) is 68.9 Å². The Morgan fingerprint density at radius 3 is 2.59 bits per heavy atom. The molecule has 1 fully saturated rings. The zero-order valence-corrected chi connectivity index (χ0v) is 17.3. The largest absolute Gasteiger partial charge is 0.464 e. The van der Waals surface area contributed by atoms with Gasteiger partial charge in [0.05, 0.1) is 24.2 Å².